The van der Waals surface area contributed by atoms with E-state index in [1.54, 1.807) is 12.4 Å². The van der Waals surface area contributed by atoms with Crippen LogP contribution in [0.15, 0.2) is 12.4 Å². The van der Waals surface area contributed by atoms with Crippen LogP contribution in [0, 0.1) is 0 Å². The van der Waals surface area contributed by atoms with E-state index in [9.17, 15) is 0 Å². The smallest absolute Gasteiger partial charge is 0.243 e. The van der Waals surface area contributed by atoms with Crippen molar-refractivity contribution in [3.8, 4) is 5.88 Å². The molecule has 4 nitrogen and oxygen atoms in total. The van der Waals surface area contributed by atoms with Gasteiger partial charge in [0.05, 0.1) is 6.10 Å². The lowest BCUT2D eigenvalue weighted by atomic mass is 10.2. The van der Waals surface area contributed by atoms with Gasteiger partial charge in [0, 0.05) is 12.4 Å². The second kappa shape index (κ2) is 5.60. The first-order chi connectivity index (χ1) is 7.15. The van der Waals surface area contributed by atoms with Crippen molar-refractivity contribution in [3.63, 3.8) is 0 Å². The quantitative estimate of drug-likeness (QED) is 0.772. The summed E-state index contributed by atoms with van der Waals surface area (Å²) in [7, 11) is 0. The second-order valence-electron chi connectivity index (χ2n) is 3.29. The molecule has 0 aliphatic heterocycles. The summed E-state index contributed by atoms with van der Waals surface area (Å²) in [5.74, 6) is 0.422. The Morgan fingerprint density at radius 3 is 2.80 bits per heavy atom. The second-order valence-corrected chi connectivity index (χ2v) is 3.73. The highest BCUT2D eigenvalue weighted by molar-refractivity contribution is 7.80. The summed E-state index contributed by atoms with van der Waals surface area (Å²) in [6.45, 7) is 4.09. The van der Waals surface area contributed by atoms with Crippen LogP contribution in [0.3, 0.4) is 0 Å². The number of rotatable bonds is 5. The molecule has 15 heavy (non-hydrogen) atoms. The number of ether oxygens (including phenoxy) is 1. The Labute approximate surface area is 94.9 Å². The number of thiocarbonyl (C=S) groups is 1. The van der Waals surface area contributed by atoms with E-state index in [1.165, 1.54) is 0 Å². The van der Waals surface area contributed by atoms with E-state index in [1.807, 2.05) is 6.92 Å². The van der Waals surface area contributed by atoms with Gasteiger partial charge in [-0.25, -0.2) is 9.97 Å². The topological polar surface area (TPSA) is 61.0 Å². The van der Waals surface area contributed by atoms with Crippen molar-refractivity contribution in [2.75, 3.05) is 0 Å². The predicted molar refractivity (Wildman–Crippen MR) is 62.9 cm³/mol. The monoisotopic (exact) mass is 225 g/mol. The molecule has 1 atom stereocenters. The van der Waals surface area contributed by atoms with Crippen molar-refractivity contribution in [3.05, 3.63) is 18.1 Å². The van der Waals surface area contributed by atoms with E-state index >= 15 is 0 Å². The van der Waals surface area contributed by atoms with Gasteiger partial charge in [0.15, 0.2) is 5.69 Å². The lowest BCUT2D eigenvalue weighted by molar-refractivity contribution is 0.200. The summed E-state index contributed by atoms with van der Waals surface area (Å²) in [5.41, 5.74) is 5.97. The first kappa shape index (κ1) is 11.8. The summed E-state index contributed by atoms with van der Waals surface area (Å²) >= 11 is 4.86. The van der Waals surface area contributed by atoms with E-state index in [0.29, 0.717) is 11.6 Å². The largest absolute Gasteiger partial charge is 0.473 e. The van der Waals surface area contributed by atoms with E-state index in [4.69, 9.17) is 22.7 Å². The Hall–Kier alpha value is -1.23. The minimum Gasteiger partial charge on any atom is -0.473 e. The molecule has 1 rings (SSSR count). The molecule has 2 N–H and O–H groups in total. The van der Waals surface area contributed by atoms with Crippen molar-refractivity contribution in [2.24, 2.45) is 5.73 Å². The Morgan fingerprint density at radius 1 is 1.53 bits per heavy atom. The standard InChI is InChI=1S/C10H15N3OS/c1-3-4-7(2)14-10-8(9(11)15)12-5-6-13-10/h5-7H,3-4H2,1-2H3,(H2,11,15). The van der Waals surface area contributed by atoms with Crippen LogP contribution >= 0.6 is 12.2 Å². The van der Waals surface area contributed by atoms with Crippen LogP contribution in [0.2, 0.25) is 0 Å². The van der Waals surface area contributed by atoms with Gasteiger partial charge in [0.25, 0.3) is 0 Å². The number of aromatic nitrogens is 2. The maximum Gasteiger partial charge on any atom is 0.243 e. The van der Waals surface area contributed by atoms with Crippen molar-refractivity contribution < 1.29 is 4.74 Å². The fourth-order valence-corrected chi connectivity index (χ4v) is 1.38. The fraction of sp³-hybridized carbons (Fsp3) is 0.500. The molecule has 1 heterocycles. The van der Waals surface area contributed by atoms with Crippen LogP contribution in [0.4, 0.5) is 0 Å². The molecule has 0 radical (unpaired) electrons. The minimum absolute atomic E-state index is 0.0970. The van der Waals surface area contributed by atoms with Crippen molar-refractivity contribution in [2.45, 2.75) is 32.8 Å². The molecule has 0 aliphatic carbocycles. The highest BCUT2D eigenvalue weighted by Crippen LogP contribution is 2.14. The zero-order valence-corrected chi connectivity index (χ0v) is 9.75. The molecule has 0 aliphatic rings. The summed E-state index contributed by atoms with van der Waals surface area (Å²) in [4.78, 5) is 8.32. The molecule has 1 unspecified atom stereocenters. The molecule has 0 fully saturated rings. The number of hydrogen-bond donors (Lipinski definition) is 1. The predicted octanol–water partition coefficient (Wildman–Crippen LogP) is 1.68. The molecular formula is C10H15N3OS. The molecule has 0 aromatic carbocycles. The summed E-state index contributed by atoms with van der Waals surface area (Å²) in [6.07, 6.45) is 5.23. The third-order valence-electron chi connectivity index (χ3n) is 1.91. The molecule has 0 bridgehead atoms. The molecule has 5 heteroatoms. The van der Waals surface area contributed by atoms with E-state index in [0.717, 1.165) is 12.8 Å². The van der Waals surface area contributed by atoms with Gasteiger partial charge in [-0.1, -0.05) is 25.6 Å². The molecule has 1 aromatic heterocycles. The molecular weight excluding hydrogens is 210 g/mol. The first-order valence-electron chi connectivity index (χ1n) is 4.92. The van der Waals surface area contributed by atoms with Gasteiger partial charge in [0.1, 0.15) is 4.99 Å². The first-order valence-corrected chi connectivity index (χ1v) is 5.33. The van der Waals surface area contributed by atoms with Crippen LogP contribution in [0.5, 0.6) is 5.88 Å². The Morgan fingerprint density at radius 2 is 2.20 bits per heavy atom. The van der Waals surface area contributed by atoms with Crippen LogP contribution < -0.4 is 10.5 Å². The zero-order valence-electron chi connectivity index (χ0n) is 8.93. The maximum atomic E-state index is 5.61. The average molecular weight is 225 g/mol. The average Bonchev–Trinajstić information content (AvgIpc) is 2.18. The van der Waals surface area contributed by atoms with E-state index in [2.05, 4.69) is 16.9 Å². The fourth-order valence-electron chi connectivity index (χ4n) is 1.24. The minimum atomic E-state index is 0.0970. The van der Waals surface area contributed by atoms with Crippen molar-refractivity contribution in [1.29, 1.82) is 0 Å². The normalized spacial score (nSPS) is 12.1. The maximum absolute atomic E-state index is 5.61. The summed E-state index contributed by atoms with van der Waals surface area (Å²) < 4.78 is 5.61. The van der Waals surface area contributed by atoms with Gasteiger partial charge < -0.3 is 10.5 Å². The number of nitrogens with two attached hydrogens (primary N) is 1. The third kappa shape index (κ3) is 3.43. The highest BCUT2D eigenvalue weighted by atomic mass is 32.1. The number of hydrogen-bond acceptors (Lipinski definition) is 4. The molecule has 0 spiro atoms. The van der Waals surface area contributed by atoms with Gasteiger partial charge in [-0.15, -0.1) is 0 Å². The van der Waals surface area contributed by atoms with Crippen LogP contribution in [-0.2, 0) is 0 Å². The number of nitrogens with zero attached hydrogens (tertiary/aromatic N) is 2. The van der Waals surface area contributed by atoms with Crippen LogP contribution in [0.1, 0.15) is 32.4 Å². The highest BCUT2D eigenvalue weighted by Gasteiger charge is 2.11. The van der Waals surface area contributed by atoms with Gasteiger partial charge in [-0.3, -0.25) is 0 Å². The van der Waals surface area contributed by atoms with Crippen LogP contribution in [0.25, 0.3) is 0 Å². The van der Waals surface area contributed by atoms with Gasteiger partial charge >= 0.3 is 0 Å². The van der Waals surface area contributed by atoms with Gasteiger partial charge in [0.2, 0.25) is 5.88 Å². The van der Waals surface area contributed by atoms with Gasteiger partial charge in [-0.05, 0) is 13.3 Å². The van der Waals surface area contributed by atoms with Crippen molar-refractivity contribution in [1.82, 2.24) is 9.97 Å². The molecule has 0 saturated carbocycles. The van der Waals surface area contributed by atoms with E-state index < -0.39 is 0 Å². The Kier molecular flexibility index (Phi) is 4.42. The SMILES string of the molecule is CCCC(C)Oc1nccnc1C(N)=S. The lowest BCUT2D eigenvalue weighted by Crippen LogP contribution is -2.18. The summed E-state index contributed by atoms with van der Waals surface area (Å²) in [5, 5.41) is 0. The molecule has 0 amide bonds. The Bertz CT molecular complexity index is 343. The summed E-state index contributed by atoms with van der Waals surface area (Å²) in [6, 6.07) is 0. The molecule has 1 aromatic rings. The van der Waals surface area contributed by atoms with Crippen LogP contribution in [-0.4, -0.2) is 21.1 Å². The molecule has 0 saturated heterocycles. The van der Waals surface area contributed by atoms with Crippen molar-refractivity contribution >= 4 is 17.2 Å². The third-order valence-corrected chi connectivity index (χ3v) is 2.10. The van der Waals surface area contributed by atoms with Gasteiger partial charge in [-0.2, -0.15) is 0 Å². The lowest BCUT2D eigenvalue weighted by Gasteiger charge is -2.14. The molecule has 82 valence electrons. The Balaban J connectivity index is 2.79. The zero-order chi connectivity index (χ0) is 11.3. The van der Waals surface area contributed by atoms with E-state index in [-0.39, 0.29) is 11.1 Å².